The van der Waals surface area contributed by atoms with E-state index in [9.17, 15) is 4.79 Å². The third-order valence-corrected chi connectivity index (χ3v) is 4.03. The molecule has 0 heterocycles. The normalized spacial score (nSPS) is 12.0. The van der Waals surface area contributed by atoms with E-state index in [1.54, 1.807) is 11.9 Å². The minimum Gasteiger partial charge on any atom is -0.335 e. The van der Waals surface area contributed by atoms with Crippen LogP contribution in [0, 0.1) is 0 Å². The average molecular weight is 353 g/mol. The molecule has 0 aromatic heterocycles. The molecule has 2 rings (SSSR count). The smallest absolute Gasteiger partial charge is 0.254 e. The van der Waals surface area contributed by atoms with Crippen molar-refractivity contribution in [2.24, 2.45) is 0 Å². The maximum absolute atomic E-state index is 12.5. The molecule has 104 valence electrons. The van der Waals surface area contributed by atoms with Crippen LogP contribution < -0.4 is 0 Å². The van der Waals surface area contributed by atoms with Crippen LogP contribution in [0.15, 0.2) is 53.0 Å². The Morgan fingerprint density at radius 3 is 2.55 bits per heavy atom. The van der Waals surface area contributed by atoms with Gasteiger partial charge in [0.2, 0.25) is 0 Å². The van der Waals surface area contributed by atoms with Crippen LogP contribution >= 0.6 is 27.5 Å². The summed E-state index contributed by atoms with van der Waals surface area (Å²) in [5.41, 5.74) is 1.68. The highest BCUT2D eigenvalue weighted by molar-refractivity contribution is 9.10. The second-order valence-electron chi connectivity index (χ2n) is 4.66. The summed E-state index contributed by atoms with van der Waals surface area (Å²) in [6, 6.07) is 14.9. The number of nitrogens with zero attached hydrogens (tertiary/aromatic N) is 1. The number of rotatable bonds is 3. The van der Waals surface area contributed by atoms with Crippen LogP contribution in [0.4, 0.5) is 0 Å². The highest BCUT2D eigenvalue weighted by atomic mass is 79.9. The Labute approximate surface area is 132 Å². The second-order valence-corrected chi connectivity index (χ2v) is 6.01. The number of halogens is 2. The summed E-state index contributed by atoms with van der Waals surface area (Å²) in [4.78, 5) is 14.2. The zero-order valence-corrected chi connectivity index (χ0v) is 13.6. The molecule has 0 fully saturated rings. The van der Waals surface area contributed by atoms with E-state index in [0.717, 1.165) is 10.0 Å². The summed E-state index contributed by atoms with van der Waals surface area (Å²) in [7, 11) is 1.80. The minimum atomic E-state index is -0.0415. The molecule has 2 nitrogen and oxygen atoms in total. The quantitative estimate of drug-likeness (QED) is 0.766. The highest BCUT2D eigenvalue weighted by Gasteiger charge is 2.19. The van der Waals surface area contributed by atoms with Gasteiger partial charge in [0, 0.05) is 22.1 Å². The van der Waals surface area contributed by atoms with Gasteiger partial charge in [-0.05, 0) is 42.8 Å². The summed E-state index contributed by atoms with van der Waals surface area (Å²) in [5, 5.41) is 0.678. The first-order valence-electron chi connectivity index (χ1n) is 6.27. The number of carbonyl (C=O) groups excluding carboxylic acids is 1. The van der Waals surface area contributed by atoms with E-state index < -0.39 is 0 Å². The van der Waals surface area contributed by atoms with Crippen molar-refractivity contribution in [1.82, 2.24) is 4.90 Å². The lowest BCUT2D eigenvalue weighted by molar-refractivity contribution is 0.0742. The van der Waals surface area contributed by atoms with Gasteiger partial charge in [-0.15, -0.1) is 0 Å². The Kier molecular flexibility index (Phi) is 4.84. The van der Waals surface area contributed by atoms with Crippen LogP contribution in [0.3, 0.4) is 0 Å². The molecular formula is C16H15BrClNO. The van der Waals surface area contributed by atoms with Gasteiger partial charge >= 0.3 is 0 Å². The van der Waals surface area contributed by atoms with Crippen LogP contribution in [-0.2, 0) is 0 Å². The van der Waals surface area contributed by atoms with E-state index in [2.05, 4.69) is 15.9 Å². The number of carbonyl (C=O) groups is 1. The van der Waals surface area contributed by atoms with Crippen molar-refractivity contribution >= 4 is 33.4 Å². The largest absolute Gasteiger partial charge is 0.335 e. The molecule has 2 aromatic carbocycles. The molecule has 0 saturated carbocycles. The topological polar surface area (TPSA) is 20.3 Å². The molecule has 0 N–H and O–H groups in total. The van der Waals surface area contributed by atoms with Crippen LogP contribution in [-0.4, -0.2) is 17.9 Å². The first-order valence-corrected chi connectivity index (χ1v) is 7.44. The summed E-state index contributed by atoms with van der Waals surface area (Å²) in [6.07, 6.45) is 0. The first kappa shape index (κ1) is 15.1. The molecule has 0 bridgehead atoms. The first-order chi connectivity index (χ1) is 9.49. The number of amides is 1. The third kappa shape index (κ3) is 3.41. The lowest BCUT2D eigenvalue weighted by Gasteiger charge is -2.25. The molecule has 0 spiro atoms. The van der Waals surface area contributed by atoms with Crippen molar-refractivity contribution < 1.29 is 4.79 Å². The van der Waals surface area contributed by atoms with Crippen LogP contribution in [0.1, 0.15) is 28.9 Å². The molecule has 0 aliphatic heterocycles. The lowest BCUT2D eigenvalue weighted by atomic mass is 10.1. The number of hydrogen-bond donors (Lipinski definition) is 0. The molecule has 2 aromatic rings. The lowest BCUT2D eigenvalue weighted by Crippen LogP contribution is -2.29. The molecule has 4 heteroatoms. The zero-order chi connectivity index (χ0) is 14.7. The zero-order valence-electron chi connectivity index (χ0n) is 11.3. The average Bonchev–Trinajstić information content (AvgIpc) is 2.45. The molecular weight excluding hydrogens is 338 g/mol. The minimum absolute atomic E-state index is 0.0150. The van der Waals surface area contributed by atoms with Gasteiger partial charge in [0.15, 0.2) is 0 Å². The van der Waals surface area contributed by atoms with Gasteiger partial charge in [-0.1, -0.05) is 45.7 Å². The Morgan fingerprint density at radius 1 is 1.20 bits per heavy atom. The van der Waals surface area contributed by atoms with Gasteiger partial charge in [-0.2, -0.15) is 0 Å². The fourth-order valence-corrected chi connectivity index (χ4v) is 2.59. The molecule has 1 amide bonds. The Morgan fingerprint density at radius 2 is 1.90 bits per heavy atom. The van der Waals surface area contributed by atoms with E-state index in [1.165, 1.54) is 0 Å². The molecule has 0 saturated heterocycles. The SMILES string of the molecule is CC(c1cccc(Cl)c1)N(C)C(=O)c1cccc(Br)c1. The standard InChI is InChI=1S/C16H15BrClNO/c1-11(12-5-4-8-15(18)10-12)19(2)16(20)13-6-3-7-14(17)9-13/h3-11H,1-2H3. The van der Waals surface area contributed by atoms with Gasteiger partial charge in [0.1, 0.15) is 0 Å². The van der Waals surface area contributed by atoms with Gasteiger partial charge in [-0.3, -0.25) is 4.79 Å². The van der Waals surface area contributed by atoms with Crippen molar-refractivity contribution in [2.75, 3.05) is 7.05 Å². The fourth-order valence-electron chi connectivity index (χ4n) is 1.99. The fraction of sp³-hybridized carbons (Fsp3) is 0.188. The van der Waals surface area contributed by atoms with E-state index in [1.807, 2.05) is 55.5 Å². The van der Waals surface area contributed by atoms with Crippen molar-refractivity contribution in [2.45, 2.75) is 13.0 Å². The van der Waals surface area contributed by atoms with E-state index >= 15 is 0 Å². The van der Waals surface area contributed by atoms with Crippen LogP contribution in [0.25, 0.3) is 0 Å². The Balaban J connectivity index is 2.22. The maximum atomic E-state index is 12.5. The van der Waals surface area contributed by atoms with Gasteiger partial charge in [0.25, 0.3) is 5.91 Å². The maximum Gasteiger partial charge on any atom is 0.254 e. The molecule has 1 unspecified atom stereocenters. The Bertz CT molecular complexity index is 629. The number of benzene rings is 2. The van der Waals surface area contributed by atoms with Crippen LogP contribution in [0.5, 0.6) is 0 Å². The molecule has 0 aliphatic rings. The van der Waals surface area contributed by atoms with Crippen molar-refractivity contribution in [3.05, 3.63) is 69.2 Å². The summed E-state index contributed by atoms with van der Waals surface area (Å²) < 4.78 is 0.896. The monoisotopic (exact) mass is 351 g/mol. The van der Waals surface area contributed by atoms with Crippen LogP contribution in [0.2, 0.25) is 5.02 Å². The highest BCUT2D eigenvalue weighted by Crippen LogP contribution is 2.24. The van der Waals surface area contributed by atoms with Gasteiger partial charge < -0.3 is 4.90 Å². The number of hydrogen-bond acceptors (Lipinski definition) is 1. The van der Waals surface area contributed by atoms with Crippen molar-refractivity contribution in [3.8, 4) is 0 Å². The van der Waals surface area contributed by atoms with E-state index in [4.69, 9.17) is 11.6 Å². The molecule has 0 aliphatic carbocycles. The third-order valence-electron chi connectivity index (χ3n) is 3.30. The molecule has 20 heavy (non-hydrogen) atoms. The summed E-state index contributed by atoms with van der Waals surface area (Å²) in [5.74, 6) is -0.0150. The van der Waals surface area contributed by atoms with Gasteiger partial charge in [0.05, 0.1) is 6.04 Å². The predicted octanol–water partition coefficient (Wildman–Crippen LogP) is 4.94. The van der Waals surface area contributed by atoms with Gasteiger partial charge in [-0.25, -0.2) is 0 Å². The molecule has 0 radical (unpaired) electrons. The predicted molar refractivity (Wildman–Crippen MR) is 86.1 cm³/mol. The summed E-state index contributed by atoms with van der Waals surface area (Å²) >= 11 is 9.38. The summed E-state index contributed by atoms with van der Waals surface area (Å²) in [6.45, 7) is 1.99. The van der Waals surface area contributed by atoms with Crippen molar-refractivity contribution in [1.29, 1.82) is 0 Å². The Hall–Kier alpha value is -1.32. The van der Waals surface area contributed by atoms with E-state index in [0.29, 0.717) is 10.6 Å². The molecule has 1 atom stereocenters. The van der Waals surface area contributed by atoms with Crippen molar-refractivity contribution in [3.63, 3.8) is 0 Å². The second kappa shape index (κ2) is 6.42. The van der Waals surface area contributed by atoms with E-state index in [-0.39, 0.29) is 11.9 Å².